The summed E-state index contributed by atoms with van der Waals surface area (Å²) in [6.07, 6.45) is 3.18. The number of aryl methyl sites for hydroxylation is 2. The second kappa shape index (κ2) is 8.33. The molecule has 0 fully saturated rings. The van der Waals surface area contributed by atoms with E-state index in [2.05, 4.69) is 15.0 Å². The van der Waals surface area contributed by atoms with Gasteiger partial charge < -0.3 is 5.32 Å². The average Bonchev–Trinajstić information content (AvgIpc) is 2.69. The molecule has 0 aliphatic carbocycles. The molecule has 0 atom stereocenters. The SMILES string of the molecule is Cc1ccc(S(=O)(=O)NCc2cccc(C(=O)Nc3cccnc3)c2)cc1C. The van der Waals surface area contributed by atoms with Crippen LogP contribution in [0.15, 0.2) is 71.9 Å². The second-order valence-electron chi connectivity index (χ2n) is 6.47. The lowest BCUT2D eigenvalue weighted by Gasteiger charge is -2.10. The summed E-state index contributed by atoms with van der Waals surface area (Å²) in [6, 6.07) is 15.3. The quantitative estimate of drug-likeness (QED) is 0.669. The van der Waals surface area contributed by atoms with Crippen molar-refractivity contribution in [1.29, 1.82) is 0 Å². The number of pyridine rings is 1. The third-order valence-corrected chi connectivity index (χ3v) is 5.76. The van der Waals surface area contributed by atoms with Crippen molar-refractivity contribution in [3.63, 3.8) is 0 Å². The molecule has 7 heteroatoms. The van der Waals surface area contributed by atoms with Crippen LogP contribution in [-0.4, -0.2) is 19.3 Å². The van der Waals surface area contributed by atoms with Gasteiger partial charge in [-0.3, -0.25) is 9.78 Å². The molecule has 0 unspecified atom stereocenters. The Morgan fingerprint density at radius 2 is 1.82 bits per heavy atom. The molecule has 1 amide bonds. The van der Waals surface area contributed by atoms with Gasteiger partial charge in [-0.25, -0.2) is 13.1 Å². The summed E-state index contributed by atoms with van der Waals surface area (Å²) < 4.78 is 27.6. The zero-order chi connectivity index (χ0) is 20.1. The highest BCUT2D eigenvalue weighted by Gasteiger charge is 2.15. The molecule has 6 nitrogen and oxygen atoms in total. The molecule has 0 bridgehead atoms. The minimum absolute atomic E-state index is 0.0866. The Hall–Kier alpha value is -3.03. The monoisotopic (exact) mass is 395 g/mol. The van der Waals surface area contributed by atoms with Crippen molar-refractivity contribution in [2.24, 2.45) is 0 Å². The van der Waals surface area contributed by atoms with E-state index in [-0.39, 0.29) is 17.3 Å². The molecule has 28 heavy (non-hydrogen) atoms. The maximum Gasteiger partial charge on any atom is 0.255 e. The first-order valence-electron chi connectivity index (χ1n) is 8.72. The van der Waals surface area contributed by atoms with Crippen LogP contribution in [0.1, 0.15) is 27.0 Å². The van der Waals surface area contributed by atoms with Crippen molar-refractivity contribution >= 4 is 21.6 Å². The lowest BCUT2D eigenvalue weighted by atomic mass is 10.1. The lowest BCUT2D eigenvalue weighted by Crippen LogP contribution is -2.23. The van der Waals surface area contributed by atoms with Crippen LogP contribution < -0.4 is 10.0 Å². The van der Waals surface area contributed by atoms with E-state index < -0.39 is 10.0 Å². The number of aromatic nitrogens is 1. The van der Waals surface area contributed by atoms with Gasteiger partial charge >= 0.3 is 0 Å². The number of carbonyl (C=O) groups is 1. The molecular weight excluding hydrogens is 374 g/mol. The van der Waals surface area contributed by atoms with Gasteiger partial charge in [0.25, 0.3) is 5.91 Å². The standard InChI is InChI=1S/C21H21N3O3S/c1-15-8-9-20(11-16(15)2)28(26,27)23-13-17-5-3-6-18(12-17)21(25)24-19-7-4-10-22-14-19/h3-12,14,23H,13H2,1-2H3,(H,24,25). The van der Waals surface area contributed by atoms with Crippen LogP contribution in [-0.2, 0) is 16.6 Å². The summed E-state index contributed by atoms with van der Waals surface area (Å²) in [4.78, 5) is 16.6. The van der Waals surface area contributed by atoms with Gasteiger partial charge in [0.05, 0.1) is 16.8 Å². The van der Waals surface area contributed by atoms with Crippen molar-refractivity contribution in [3.8, 4) is 0 Å². The van der Waals surface area contributed by atoms with Crippen molar-refractivity contribution in [2.45, 2.75) is 25.3 Å². The predicted octanol–water partition coefficient (Wildman–Crippen LogP) is 3.43. The number of anilines is 1. The summed E-state index contributed by atoms with van der Waals surface area (Å²) >= 11 is 0. The van der Waals surface area contributed by atoms with Gasteiger partial charge in [0.1, 0.15) is 0 Å². The minimum atomic E-state index is -3.64. The molecule has 2 aromatic carbocycles. The summed E-state index contributed by atoms with van der Waals surface area (Å²) in [5.74, 6) is -0.285. The van der Waals surface area contributed by atoms with Crippen LogP contribution in [0.2, 0.25) is 0 Å². The Balaban J connectivity index is 1.70. The van der Waals surface area contributed by atoms with Crippen LogP contribution in [0.5, 0.6) is 0 Å². The molecular formula is C21H21N3O3S. The first-order chi connectivity index (χ1) is 13.3. The Morgan fingerprint density at radius 1 is 1.00 bits per heavy atom. The fourth-order valence-corrected chi connectivity index (χ4v) is 3.71. The van der Waals surface area contributed by atoms with E-state index >= 15 is 0 Å². The molecule has 0 spiro atoms. The van der Waals surface area contributed by atoms with Crippen molar-refractivity contribution in [2.75, 3.05) is 5.32 Å². The third kappa shape index (κ3) is 4.82. The predicted molar refractivity (Wildman–Crippen MR) is 109 cm³/mol. The van der Waals surface area contributed by atoms with E-state index in [9.17, 15) is 13.2 Å². The Labute approximate surface area is 164 Å². The summed E-state index contributed by atoms with van der Waals surface area (Å²) in [5.41, 5.74) is 3.66. The lowest BCUT2D eigenvalue weighted by molar-refractivity contribution is 0.102. The fraction of sp³-hybridized carbons (Fsp3) is 0.143. The highest BCUT2D eigenvalue weighted by Crippen LogP contribution is 2.15. The summed E-state index contributed by atoms with van der Waals surface area (Å²) in [7, 11) is -3.64. The van der Waals surface area contributed by atoms with E-state index in [4.69, 9.17) is 0 Å². The van der Waals surface area contributed by atoms with Gasteiger partial charge in [-0.2, -0.15) is 0 Å². The smallest absolute Gasteiger partial charge is 0.255 e. The molecule has 1 aromatic heterocycles. The number of nitrogens with zero attached hydrogens (tertiary/aromatic N) is 1. The molecule has 0 saturated heterocycles. The Morgan fingerprint density at radius 3 is 2.54 bits per heavy atom. The van der Waals surface area contributed by atoms with Gasteiger partial charge in [0, 0.05) is 18.3 Å². The number of amides is 1. The number of hydrogen-bond acceptors (Lipinski definition) is 4. The maximum atomic E-state index is 12.5. The number of carbonyl (C=O) groups excluding carboxylic acids is 1. The zero-order valence-corrected chi connectivity index (χ0v) is 16.5. The fourth-order valence-electron chi connectivity index (χ4n) is 2.61. The van der Waals surface area contributed by atoms with E-state index in [1.54, 1.807) is 67.0 Å². The van der Waals surface area contributed by atoms with E-state index in [0.717, 1.165) is 11.1 Å². The van der Waals surface area contributed by atoms with Crippen molar-refractivity contribution < 1.29 is 13.2 Å². The highest BCUT2D eigenvalue weighted by molar-refractivity contribution is 7.89. The molecule has 0 aliphatic heterocycles. The number of hydrogen-bond donors (Lipinski definition) is 2. The number of nitrogens with one attached hydrogen (secondary N) is 2. The topological polar surface area (TPSA) is 88.2 Å². The van der Waals surface area contributed by atoms with Crippen LogP contribution in [0.25, 0.3) is 0 Å². The molecule has 0 radical (unpaired) electrons. The molecule has 144 valence electrons. The van der Waals surface area contributed by atoms with Gasteiger partial charge in [-0.1, -0.05) is 18.2 Å². The zero-order valence-electron chi connectivity index (χ0n) is 15.6. The number of benzene rings is 2. The average molecular weight is 395 g/mol. The van der Waals surface area contributed by atoms with Crippen LogP contribution in [0.3, 0.4) is 0 Å². The molecule has 3 aromatic rings. The molecule has 0 aliphatic rings. The number of rotatable bonds is 6. The van der Waals surface area contributed by atoms with Gasteiger partial charge in [0.2, 0.25) is 10.0 Å². The van der Waals surface area contributed by atoms with Crippen LogP contribution in [0, 0.1) is 13.8 Å². The van der Waals surface area contributed by atoms with E-state index in [0.29, 0.717) is 16.8 Å². The summed E-state index contributed by atoms with van der Waals surface area (Å²) in [5, 5.41) is 2.76. The van der Waals surface area contributed by atoms with Gasteiger partial charge in [-0.05, 0) is 66.9 Å². The Bertz CT molecular complexity index is 1100. The first kappa shape index (κ1) is 19.7. The first-order valence-corrected chi connectivity index (χ1v) is 10.2. The van der Waals surface area contributed by atoms with Crippen molar-refractivity contribution in [1.82, 2.24) is 9.71 Å². The van der Waals surface area contributed by atoms with Crippen molar-refractivity contribution in [3.05, 3.63) is 89.2 Å². The van der Waals surface area contributed by atoms with Gasteiger partial charge in [0.15, 0.2) is 0 Å². The molecule has 2 N–H and O–H groups in total. The highest BCUT2D eigenvalue weighted by atomic mass is 32.2. The molecule has 1 heterocycles. The Kier molecular flexibility index (Phi) is 5.87. The maximum absolute atomic E-state index is 12.5. The number of sulfonamides is 1. The minimum Gasteiger partial charge on any atom is -0.321 e. The van der Waals surface area contributed by atoms with Crippen LogP contribution >= 0.6 is 0 Å². The third-order valence-electron chi connectivity index (χ3n) is 4.36. The largest absolute Gasteiger partial charge is 0.321 e. The molecule has 3 rings (SSSR count). The van der Waals surface area contributed by atoms with Crippen LogP contribution in [0.4, 0.5) is 5.69 Å². The second-order valence-corrected chi connectivity index (χ2v) is 8.23. The van der Waals surface area contributed by atoms with E-state index in [1.807, 2.05) is 13.8 Å². The normalized spacial score (nSPS) is 11.2. The summed E-state index contributed by atoms with van der Waals surface area (Å²) in [6.45, 7) is 3.89. The van der Waals surface area contributed by atoms with E-state index in [1.165, 1.54) is 0 Å². The van der Waals surface area contributed by atoms with Gasteiger partial charge in [-0.15, -0.1) is 0 Å². The molecule has 0 saturated carbocycles.